The van der Waals surface area contributed by atoms with Crippen molar-refractivity contribution in [3.63, 3.8) is 0 Å². The second kappa shape index (κ2) is 10.4. The van der Waals surface area contributed by atoms with Gasteiger partial charge < -0.3 is 15.0 Å². The van der Waals surface area contributed by atoms with Gasteiger partial charge in [0, 0.05) is 44.2 Å². The summed E-state index contributed by atoms with van der Waals surface area (Å²) in [5.41, 5.74) is 0. The lowest BCUT2D eigenvalue weighted by molar-refractivity contribution is 0.114. The maximum Gasteiger partial charge on any atom is 0.193 e. The minimum Gasteiger partial charge on any atom is -0.379 e. The van der Waals surface area contributed by atoms with E-state index in [9.17, 15) is 0 Å². The molecule has 3 rings (SSSR count). The molecule has 27 heavy (non-hydrogen) atoms. The molecule has 2 unspecified atom stereocenters. The molecular formula is C21H36N4OS. The van der Waals surface area contributed by atoms with Gasteiger partial charge in [-0.1, -0.05) is 6.07 Å². The normalized spacial score (nSPS) is 24.2. The average molecular weight is 393 g/mol. The molecule has 1 saturated heterocycles. The number of ether oxygens (including phenoxy) is 1. The van der Waals surface area contributed by atoms with E-state index in [4.69, 9.17) is 9.73 Å². The van der Waals surface area contributed by atoms with Crippen molar-refractivity contribution in [3.8, 4) is 0 Å². The van der Waals surface area contributed by atoms with Gasteiger partial charge in [-0.15, -0.1) is 11.3 Å². The van der Waals surface area contributed by atoms with E-state index in [1.54, 1.807) is 0 Å². The minimum atomic E-state index is 0.498. The smallest absolute Gasteiger partial charge is 0.193 e. The van der Waals surface area contributed by atoms with Crippen molar-refractivity contribution in [1.82, 2.24) is 15.1 Å². The number of thiophene rings is 1. The van der Waals surface area contributed by atoms with Crippen molar-refractivity contribution in [3.05, 3.63) is 22.4 Å². The Labute approximate surface area is 168 Å². The number of likely N-dealkylation sites (tertiary alicyclic amines) is 1. The molecule has 5 nitrogen and oxygen atoms in total. The Morgan fingerprint density at radius 1 is 1.41 bits per heavy atom. The molecule has 6 heteroatoms. The molecule has 0 amide bonds. The van der Waals surface area contributed by atoms with E-state index in [0.29, 0.717) is 12.0 Å². The van der Waals surface area contributed by atoms with Gasteiger partial charge in [-0.25, -0.2) is 0 Å². The molecule has 0 aromatic carbocycles. The maximum atomic E-state index is 5.80. The fourth-order valence-electron chi connectivity index (χ4n) is 3.88. The van der Waals surface area contributed by atoms with E-state index in [2.05, 4.69) is 53.6 Å². The Bertz CT molecular complexity index is 573. The van der Waals surface area contributed by atoms with E-state index in [1.807, 2.05) is 11.3 Å². The third-order valence-electron chi connectivity index (χ3n) is 5.64. The number of nitrogens with one attached hydrogen (secondary N) is 1. The van der Waals surface area contributed by atoms with Crippen LogP contribution in [0.5, 0.6) is 0 Å². The van der Waals surface area contributed by atoms with Gasteiger partial charge in [0.05, 0.1) is 6.61 Å². The Hall–Kier alpha value is -1.11. The summed E-state index contributed by atoms with van der Waals surface area (Å²) in [6, 6.07) is 4.95. The zero-order chi connectivity index (χ0) is 19.1. The topological polar surface area (TPSA) is 40.1 Å². The van der Waals surface area contributed by atoms with Gasteiger partial charge in [-0.3, -0.25) is 9.89 Å². The molecule has 2 aliphatic rings. The zero-order valence-electron chi connectivity index (χ0n) is 17.2. The predicted octanol–water partition coefficient (Wildman–Crippen LogP) is 3.45. The van der Waals surface area contributed by atoms with Gasteiger partial charge in [0.15, 0.2) is 5.96 Å². The first-order valence-corrected chi connectivity index (χ1v) is 11.4. The van der Waals surface area contributed by atoms with E-state index in [1.165, 1.54) is 37.1 Å². The molecule has 1 saturated carbocycles. The second-order valence-corrected chi connectivity index (χ2v) is 8.96. The lowest BCUT2D eigenvalue weighted by atomic mass is 9.88. The highest BCUT2D eigenvalue weighted by Gasteiger charge is 2.31. The Morgan fingerprint density at radius 2 is 2.26 bits per heavy atom. The van der Waals surface area contributed by atoms with E-state index < -0.39 is 0 Å². The van der Waals surface area contributed by atoms with Crippen molar-refractivity contribution in [2.45, 2.75) is 38.6 Å². The number of piperidine rings is 1. The van der Waals surface area contributed by atoms with Crippen molar-refractivity contribution >= 4 is 17.3 Å². The monoisotopic (exact) mass is 392 g/mol. The van der Waals surface area contributed by atoms with Crippen LogP contribution in [0.2, 0.25) is 0 Å². The van der Waals surface area contributed by atoms with E-state index in [0.717, 1.165) is 44.7 Å². The third kappa shape index (κ3) is 6.19. The lowest BCUT2D eigenvalue weighted by Crippen LogP contribution is -2.42. The summed E-state index contributed by atoms with van der Waals surface area (Å²) < 4.78 is 5.80. The van der Waals surface area contributed by atoms with Gasteiger partial charge in [0.2, 0.25) is 0 Å². The first-order valence-electron chi connectivity index (χ1n) is 10.5. The second-order valence-electron chi connectivity index (χ2n) is 7.98. The van der Waals surface area contributed by atoms with Gasteiger partial charge in [0.1, 0.15) is 0 Å². The molecule has 1 aromatic rings. The van der Waals surface area contributed by atoms with Crippen LogP contribution in [0.1, 0.15) is 43.5 Å². The summed E-state index contributed by atoms with van der Waals surface area (Å²) in [5, 5.41) is 5.65. The molecule has 2 atom stereocenters. The number of guanidine groups is 1. The Kier molecular flexibility index (Phi) is 7.97. The quantitative estimate of drug-likeness (QED) is 0.397. The molecule has 1 aliphatic carbocycles. The van der Waals surface area contributed by atoms with Gasteiger partial charge in [0.25, 0.3) is 0 Å². The molecule has 0 spiro atoms. The molecule has 1 aliphatic heterocycles. The molecular weight excluding hydrogens is 356 g/mol. The first-order chi connectivity index (χ1) is 13.2. The maximum absolute atomic E-state index is 5.80. The van der Waals surface area contributed by atoms with Crippen LogP contribution >= 0.6 is 11.3 Å². The van der Waals surface area contributed by atoms with Crippen LogP contribution in [0, 0.1) is 11.8 Å². The van der Waals surface area contributed by atoms with Crippen LogP contribution in [0.3, 0.4) is 0 Å². The largest absolute Gasteiger partial charge is 0.379 e. The van der Waals surface area contributed by atoms with Crippen LogP contribution in [0.25, 0.3) is 0 Å². The summed E-state index contributed by atoms with van der Waals surface area (Å²) in [4.78, 5) is 11.2. The van der Waals surface area contributed by atoms with Gasteiger partial charge >= 0.3 is 0 Å². The summed E-state index contributed by atoms with van der Waals surface area (Å²) >= 11 is 1.88. The van der Waals surface area contributed by atoms with Crippen molar-refractivity contribution < 1.29 is 4.74 Å². The Morgan fingerprint density at radius 3 is 2.96 bits per heavy atom. The van der Waals surface area contributed by atoms with E-state index >= 15 is 0 Å². The number of rotatable bonds is 9. The Balaban J connectivity index is 1.56. The minimum absolute atomic E-state index is 0.498. The number of hydrogen-bond acceptors (Lipinski definition) is 4. The third-order valence-corrected chi connectivity index (χ3v) is 6.58. The number of hydrogen-bond donors (Lipinski definition) is 1. The number of aliphatic imine (C=N–C) groups is 1. The van der Waals surface area contributed by atoms with Crippen molar-refractivity contribution in [2.24, 2.45) is 16.8 Å². The summed E-state index contributed by atoms with van der Waals surface area (Å²) in [5.74, 6) is 2.41. The molecule has 2 heterocycles. The van der Waals surface area contributed by atoms with Crippen LogP contribution in [0.15, 0.2) is 22.5 Å². The molecule has 0 radical (unpaired) electrons. The fourth-order valence-corrected chi connectivity index (χ4v) is 4.86. The molecule has 0 bridgehead atoms. The standard InChI is InChI=1S/C21H36N4OS/c1-4-22-21(25(3)12-13-26-16-17-9-10-17)23-15-18-7-5-11-24(2)20(18)19-8-6-14-27-19/h6,8,14,17-18,20H,4-5,7,9-13,15-16H2,1-3H3,(H,22,23). The van der Waals surface area contributed by atoms with Gasteiger partial charge in [-0.2, -0.15) is 0 Å². The van der Waals surface area contributed by atoms with E-state index in [-0.39, 0.29) is 0 Å². The predicted molar refractivity (Wildman–Crippen MR) is 115 cm³/mol. The molecule has 152 valence electrons. The number of nitrogens with zero attached hydrogens (tertiary/aromatic N) is 3. The highest BCUT2D eigenvalue weighted by atomic mass is 32.1. The van der Waals surface area contributed by atoms with Crippen LogP contribution in [-0.2, 0) is 4.74 Å². The average Bonchev–Trinajstić information content (AvgIpc) is 3.34. The lowest BCUT2D eigenvalue weighted by Gasteiger charge is -2.38. The van der Waals surface area contributed by atoms with Crippen LogP contribution in [0.4, 0.5) is 0 Å². The highest BCUT2D eigenvalue weighted by Crippen LogP contribution is 2.37. The molecule has 2 fully saturated rings. The van der Waals surface area contributed by atoms with Gasteiger partial charge in [-0.05, 0) is 69.5 Å². The summed E-state index contributed by atoms with van der Waals surface area (Å²) in [7, 11) is 4.38. The SMILES string of the molecule is CCNC(=NCC1CCCN(C)C1c1cccs1)N(C)CCOCC1CC1. The number of likely N-dealkylation sites (N-methyl/N-ethyl adjacent to an activating group) is 1. The van der Waals surface area contributed by atoms with Crippen LogP contribution < -0.4 is 5.32 Å². The molecule has 1 aromatic heterocycles. The van der Waals surface area contributed by atoms with Crippen molar-refractivity contribution in [1.29, 1.82) is 0 Å². The first kappa shape index (κ1) is 20.6. The summed E-state index contributed by atoms with van der Waals surface area (Å²) in [6.07, 6.45) is 5.21. The van der Waals surface area contributed by atoms with Crippen molar-refractivity contribution in [2.75, 3.05) is 53.5 Å². The zero-order valence-corrected chi connectivity index (χ0v) is 18.0. The highest BCUT2D eigenvalue weighted by molar-refractivity contribution is 7.10. The fraction of sp³-hybridized carbons (Fsp3) is 0.762. The summed E-state index contributed by atoms with van der Waals surface area (Å²) in [6.45, 7) is 7.68. The molecule has 1 N–H and O–H groups in total. The van der Waals surface area contributed by atoms with Crippen LogP contribution in [-0.4, -0.2) is 69.2 Å².